The fraction of sp³-hybridized carbons (Fsp3) is 0.750. The van der Waals surface area contributed by atoms with Gasteiger partial charge in [0.05, 0.1) is 13.2 Å². The van der Waals surface area contributed by atoms with Crippen molar-refractivity contribution in [3.8, 4) is 0 Å². The van der Waals surface area contributed by atoms with Crippen molar-refractivity contribution < 1.29 is 9.47 Å². The van der Waals surface area contributed by atoms with Gasteiger partial charge in [0.1, 0.15) is 0 Å². The van der Waals surface area contributed by atoms with Gasteiger partial charge < -0.3 is 9.47 Å². The summed E-state index contributed by atoms with van der Waals surface area (Å²) in [6, 6.07) is 0. The summed E-state index contributed by atoms with van der Waals surface area (Å²) in [7, 11) is 0. The third kappa shape index (κ3) is 5.36. The van der Waals surface area contributed by atoms with Crippen molar-refractivity contribution in [3.63, 3.8) is 0 Å². The van der Waals surface area contributed by atoms with Crippen LogP contribution in [0.4, 0.5) is 0 Å². The summed E-state index contributed by atoms with van der Waals surface area (Å²) in [6.07, 6.45) is 8.05. The number of allylic oxidation sites excluding steroid dienone is 4. The lowest BCUT2D eigenvalue weighted by molar-refractivity contribution is 0.0484. The molecule has 0 aromatic rings. The highest BCUT2D eigenvalue weighted by molar-refractivity contribution is 5.25. The molecule has 0 saturated heterocycles. The summed E-state index contributed by atoms with van der Waals surface area (Å²) in [5.74, 6) is 1.78. The van der Waals surface area contributed by atoms with Crippen LogP contribution in [0.5, 0.6) is 0 Å². The molecule has 18 heavy (non-hydrogen) atoms. The third-order valence-electron chi connectivity index (χ3n) is 3.56. The molecule has 0 aromatic heterocycles. The fourth-order valence-corrected chi connectivity index (χ4v) is 2.20. The minimum atomic E-state index is 0.474. The van der Waals surface area contributed by atoms with E-state index in [2.05, 4.69) is 32.1 Å². The third-order valence-corrected chi connectivity index (χ3v) is 3.56. The van der Waals surface area contributed by atoms with Crippen LogP contribution in [0.25, 0.3) is 0 Å². The molecule has 1 aliphatic rings. The predicted molar refractivity (Wildman–Crippen MR) is 76.6 cm³/mol. The molecule has 0 bridgehead atoms. The Labute approximate surface area is 112 Å². The largest absolute Gasteiger partial charge is 0.381 e. The summed E-state index contributed by atoms with van der Waals surface area (Å²) in [6.45, 7) is 11.8. The number of rotatable bonds is 8. The van der Waals surface area contributed by atoms with Gasteiger partial charge in [-0.25, -0.2) is 0 Å². The highest BCUT2D eigenvalue weighted by Crippen LogP contribution is 2.26. The Kier molecular flexibility index (Phi) is 7.29. The number of hydrogen-bond acceptors (Lipinski definition) is 2. The summed E-state index contributed by atoms with van der Waals surface area (Å²) in [4.78, 5) is 0. The van der Waals surface area contributed by atoms with Crippen LogP contribution in [-0.4, -0.2) is 26.4 Å². The van der Waals surface area contributed by atoms with Gasteiger partial charge in [0.15, 0.2) is 0 Å². The van der Waals surface area contributed by atoms with E-state index in [1.54, 1.807) is 0 Å². The van der Waals surface area contributed by atoms with Crippen molar-refractivity contribution in [2.45, 2.75) is 34.1 Å². The molecule has 1 aliphatic carbocycles. The van der Waals surface area contributed by atoms with E-state index in [4.69, 9.17) is 9.47 Å². The van der Waals surface area contributed by atoms with Crippen LogP contribution in [-0.2, 0) is 9.47 Å². The van der Waals surface area contributed by atoms with Gasteiger partial charge in [-0.3, -0.25) is 0 Å². The predicted octanol–water partition coefficient (Wildman–Crippen LogP) is 3.83. The summed E-state index contributed by atoms with van der Waals surface area (Å²) < 4.78 is 11.1. The molecule has 1 rings (SSSR count). The van der Waals surface area contributed by atoms with E-state index in [0.29, 0.717) is 17.8 Å². The SMILES string of the molecule is CCOCC(COCC)CC1=CC(C)C(C)C=C1. The molecule has 0 fully saturated rings. The Balaban J connectivity index is 2.48. The first-order chi connectivity index (χ1) is 8.67. The molecule has 0 amide bonds. The van der Waals surface area contributed by atoms with Gasteiger partial charge in [-0.2, -0.15) is 0 Å². The van der Waals surface area contributed by atoms with E-state index in [9.17, 15) is 0 Å². The molecule has 0 aliphatic heterocycles. The molecule has 2 atom stereocenters. The van der Waals surface area contributed by atoms with Gasteiger partial charge in [0.2, 0.25) is 0 Å². The quantitative estimate of drug-likeness (QED) is 0.653. The summed E-state index contributed by atoms with van der Waals surface area (Å²) in [5, 5.41) is 0. The molecular weight excluding hydrogens is 224 g/mol. The number of ether oxygens (including phenoxy) is 2. The zero-order valence-corrected chi connectivity index (χ0v) is 12.3. The standard InChI is InChI=1S/C16H28O2/c1-5-17-11-16(12-18-6-2)10-15-8-7-13(3)14(4)9-15/h7-9,13-14,16H,5-6,10-12H2,1-4H3. The Morgan fingerprint density at radius 1 is 1.06 bits per heavy atom. The first kappa shape index (κ1) is 15.5. The maximum absolute atomic E-state index is 5.55. The number of hydrogen-bond donors (Lipinski definition) is 0. The second-order valence-corrected chi connectivity index (χ2v) is 5.21. The molecule has 0 radical (unpaired) electrons. The van der Waals surface area contributed by atoms with Crippen molar-refractivity contribution >= 4 is 0 Å². The van der Waals surface area contributed by atoms with E-state index >= 15 is 0 Å². The second kappa shape index (κ2) is 8.49. The Bertz CT molecular complexity index is 273. The van der Waals surface area contributed by atoms with Crippen LogP contribution in [0.3, 0.4) is 0 Å². The average Bonchev–Trinajstić information content (AvgIpc) is 2.37. The maximum Gasteiger partial charge on any atom is 0.0519 e. The van der Waals surface area contributed by atoms with Crippen molar-refractivity contribution in [2.24, 2.45) is 17.8 Å². The molecule has 0 spiro atoms. The van der Waals surface area contributed by atoms with Crippen molar-refractivity contribution in [1.29, 1.82) is 0 Å². The first-order valence-corrected chi connectivity index (χ1v) is 7.21. The van der Waals surface area contributed by atoms with Crippen LogP contribution >= 0.6 is 0 Å². The van der Waals surface area contributed by atoms with E-state index in [1.807, 2.05) is 13.8 Å². The summed E-state index contributed by atoms with van der Waals surface area (Å²) >= 11 is 0. The molecule has 2 nitrogen and oxygen atoms in total. The van der Waals surface area contributed by atoms with Crippen LogP contribution in [0.1, 0.15) is 34.1 Å². The van der Waals surface area contributed by atoms with Gasteiger partial charge >= 0.3 is 0 Å². The molecular formula is C16H28O2. The van der Waals surface area contributed by atoms with Crippen LogP contribution < -0.4 is 0 Å². The molecule has 104 valence electrons. The molecule has 2 unspecified atom stereocenters. The Hall–Kier alpha value is -0.600. The minimum Gasteiger partial charge on any atom is -0.381 e. The molecule has 0 heterocycles. The lowest BCUT2D eigenvalue weighted by Gasteiger charge is -2.22. The lowest BCUT2D eigenvalue weighted by Crippen LogP contribution is -2.18. The van der Waals surface area contributed by atoms with Crippen molar-refractivity contribution in [1.82, 2.24) is 0 Å². The zero-order chi connectivity index (χ0) is 13.4. The van der Waals surface area contributed by atoms with Crippen LogP contribution in [0.2, 0.25) is 0 Å². The molecule has 0 saturated carbocycles. The summed E-state index contributed by atoms with van der Waals surface area (Å²) in [5.41, 5.74) is 1.44. The monoisotopic (exact) mass is 252 g/mol. The topological polar surface area (TPSA) is 18.5 Å². The van der Waals surface area contributed by atoms with Gasteiger partial charge in [-0.1, -0.05) is 37.6 Å². The van der Waals surface area contributed by atoms with E-state index in [-0.39, 0.29) is 0 Å². The van der Waals surface area contributed by atoms with Crippen LogP contribution in [0, 0.1) is 17.8 Å². The van der Waals surface area contributed by atoms with Crippen molar-refractivity contribution in [2.75, 3.05) is 26.4 Å². The molecule has 0 N–H and O–H groups in total. The van der Waals surface area contributed by atoms with Crippen LogP contribution in [0.15, 0.2) is 23.8 Å². The Morgan fingerprint density at radius 3 is 2.17 bits per heavy atom. The van der Waals surface area contributed by atoms with E-state index in [1.165, 1.54) is 5.57 Å². The fourth-order valence-electron chi connectivity index (χ4n) is 2.20. The van der Waals surface area contributed by atoms with Gasteiger partial charge in [-0.05, 0) is 32.1 Å². The second-order valence-electron chi connectivity index (χ2n) is 5.21. The van der Waals surface area contributed by atoms with Crippen molar-refractivity contribution in [3.05, 3.63) is 23.8 Å². The molecule has 2 heteroatoms. The van der Waals surface area contributed by atoms with E-state index in [0.717, 1.165) is 32.8 Å². The highest BCUT2D eigenvalue weighted by atomic mass is 16.5. The normalized spacial score (nSPS) is 23.5. The lowest BCUT2D eigenvalue weighted by atomic mass is 9.86. The highest BCUT2D eigenvalue weighted by Gasteiger charge is 2.16. The maximum atomic E-state index is 5.55. The Morgan fingerprint density at radius 2 is 1.67 bits per heavy atom. The van der Waals surface area contributed by atoms with Gasteiger partial charge in [0.25, 0.3) is 0 Å². The van der Waals surface area contributed by atoms with Gasteiger partial charge in [0, 0.05) is 19.1 Å². The molecule has 0 aromatic carbocycles. The zero-order valence-electron chi connectivity index (χ0n) is 12.3. The van der Waals surface area contributed by atoms with Gasteiger partial charge in [-0.15, -0.1) is 0 Å². The smallest absolute Gasteiger partial charge is 0.0519 e. The van der Waals surface area contributed by atoms with E-state index < -0.39 is 0 Å². The first-order valence-electron chi connectivity index (χ1n) is 7.21. The average molecular weight is 252 g/mol. The minimum absolute atomic E-state index is 0.474.